The topological polar surface area (TPSA) is 61.4 Å². The van der Waals surface area contributed by atoms with E-state index in [1.54, 1.807) is 0 Å². The third-order valence-electron chi connectivity index (χ3n) is 5.42. The summed E-state index contributed by atoms with van der Waals surface area (Å²) in [4.78, 5) is 27.3. The van der Waals surface area contributed by atoms with Crippen LogP contribution in [-0.2, 0) is 4.79 Å². The molecule has 1 aliphatic heterocycles. The predicted octanol–water partition coefficient (Wildman–Crippen LogP) is 3.94. The molecule has 1 aromatic rings. The Morgan fingerprint density at radius 1 is 1.04 bits per heavy atom. The lowest BCUT2D eigenvalue weighted by atomic mass is 9.95. The summed E-state index contributed by atoms with van der Waals surface area (Å²) in [6.07, 6.45) is 8.10. The lowest BCUT2D eigenvalue weighted by molar-refractivity contribution is -0.118. The smallest absolute Gasteiger partial charge is 0.253 e. The molecule has 5 nitrogen and oxygen atoms in total. The monoisotopic (exact) mass is 357 g/mol. The van der Waals surface area contributed by atoms with Gasteiger partial charge >= 0.3 is 0 Å². The Morgan fingerprint density at radius 2 is 1.73 bits per heavy atom. The number of benzene rings is 1. The first kappa shape index (κ1) is 18.7. The zero-order valence-electron chi connectivity index (χ0n) is 16.0. The van der Waals surface area contributed by atoms with Gasteiger partial charge in [0.15, 0.2) is 0 Å². The maximum Gasteiger partial charge on any atom is 0.253 e. The minimum atomic E-state index is -0.0900. The van der Waals surface area contributed by atoms with Gasteiger partial charge in [0, 0.05) is 36.4 Å². The Labute approximate surface area is 156 Å². The molecular weight excluding hydrogens is 326 g/mol. The molecule has 2 N–H and O–H groups in total. The standard InChI is InChI=1S/C21H31N3O2/c1-15(2)20(25)23-17-10-11-19(24-12-6-7-13-24)18(14-17)21(26)22-16-8-4-3-5-9-16/h10-11,14-16H,3-9,12-13H2,1-2H3,(H,22,26)(H,23,25). The average Bonchev–Trinajstić information content (AvgIpc) is 3.17. The third-order valence-corrected chi connectivity index (χ3v) is 5.42. The molecule has 1 saturated carbocycles. The molecule has 1 aromatic carbocycles. The van der Waals surface area contributed by atoms with Crippen molar-refractivity contribution >= 4 is 23.2 Å². The number of amides is 2. The summed E-state index contributed by atoms with van der Waals surface area (Å²) < 4.78 is 0. The maximum absolute atomic E-state index is 13.0. The molecule has 0 atom stereocenters. The quantitative estimate of drug-likeness (QED) is 0.839. The summed E-state index contributed by atoms with van der Waals surface area (Å²) in [6.45, 7) is 5.71. The van der Waals surface area contributed by atoms with Crippen LogP contribution in [0.2, 0.25) is 0 Å². The molecule has 1 heterocycles. The number of carbonyl (C=O) groups is 2. The molecular formula is C21H31N3O2. The van der Waals surface area contributed by atoms with Crippen molar-refractivity contribution in [2.24, 2.45) is 5.92 Å². The lowest BCUT2D eigenvalue weighted by Crippen LogP contribution is -2.37. The van der Waals surface area contributed by atoms with Crippen LogP contribution in [0.1, 0.15) is 69.2 Å². The van der Waals surface area contributed by atoms with Gasteiger partial charge in [0.05, 0.1) is 5.56 Å². The highest BCUT2D eigenvalue weighted by atomic mass is 16.2. The summed E-state index contributed by atoms with van der Waals surface area (Å²) in [5, 5.41) is 6.14. The summed E-state index contributed by atoms with van der Waals surface area (Å²) in [6, 6.07) is 6.01. The molecule has 2 fully saturated rings. The molecule has 26 heavy (non-hydrogen) atoms. The van der Waals surface area contributed by atoms with Crippen LogP contribution in [0.15, 0.2) is 18.2 Å². The molecule has 1 saturated heterocycles. The minimum Gasteiger partial charge on any atom is -0.371 e. The average molecular weight is 357 g/mol. The number of carbonyl (C=O) groups excluding carboxylic acids is 2. The van der Waals surface area contributed by atoms with E-state index in [1.807, 2.05) is 32.0 Å². The Kier molecular flexibility index (Phi) is 6.17. The number of rotatable bonds is 5. The highest BCUT2D eigenvalue weighted by molar-refractivity contribution is 6.02. The van der Waals surface area contributed by atoms with E-state index in [1.165, 1.54) is 19.3 Å². The van der Waals surface area contributed by atoms with E-state index in [2.05, 4.69) is 15.5 Å². The SMILES string of the molecule is CC(C)C(=O)Nc1ccc(N2CCCC2)c(C(=O)NC2CCCCC2)c1. The summed E-state index contributed by atoms with van der Waals surface area (Å²) in [5.41, 5.74) is 2.36. The van der Waals surface area contributed by atoms with Crippen molar-refractivity contribution in [3.63, 3.8) is 0 Å². The summed E-state index contributed by atoms with van der Waals surface area (Å²) in [7, 11) is 0. The first-order chi connectivity index (χ1) is 12.5. The Hall–Kier alpha value is -2.04. The van der Waals surface area contributed by atoms with Gasteiger partial charge in [0.2, 0.25) is 5.91 Å². The van der Waals surface area contributed by atoms with Crippen molar-refractivity contribution in [1.82, 2.24) is 5.32 Å². The fourth-order valence-electron chi connectivity index (χ4n) is 3.83. The van der Waals surface area contributed by atoms with E-state index in [0.717, 1.165) is 44.5 Å². The normalized spacial score (nSPS) is 18.2. The second-order valence-electron chi connectivity index (χ2n) is 7.88. The van der Waals surface area contributed by atoms with Gasteiger partial charge in [-0.05, 0) is 43.9 Å². The van der Waals surface area contributed by atoms with Crippen LogP contribution in [0.5, 0.6) is 0 Å². The van der Waals surface area contributed by atoms with Crippen LogP contribution >= 0.6 is 0 Å². The van der Waals surface area contributed by atoms with Crippen molar-refractivity contribution in [2.75, 3.05) is 23.3 Å². The first-order valence-corrected chi connectivity index (χ1v) is 10.1. The second kappa shape index (κ2) is 8.56. The molecule has 3 rings (SSSR count). The number of nitrogens with one attached hydrogen (secondary N) is 2. The van der Waals surface area contributed by atoms with Gasteiger partial charge in [-0.15, -0.1) is 0 Å². The van der Waals surface area contributed by atoms with Crippen molar-refractivity contribution in [3.8, 4) is 0 Å². The molecule has 0 spiro atoms. The largest absolute Gasteiger partial charge is 0.371 e. The first-order valence-electron chi connectivity index (χ1n) is 10.1. The van der Waals surface area contributed by atoms with Gasteiger partial charge in [-0.2, -0.15) is 0 Å². The number of anilines is 2. The third kappa shape index (κ3) is 4.57. The molecule has 0 bridgehead atoms. The van der Waals surface area contributed by atoms with Crippen molar-refractivity contribution in [1.29, 1.82) is 0 Å². The Bertz CT molecular complexity index is 645. The van der Waals surface area contributed by atoms with E-state index in [0.29, 0.717) is 11.3 Å². The molecule has 0 radical (unpaired) electrons. The van der Waals surface area contributed by atoms with Crippen LogP contribution in [0.25, 0.3) is 0 Å². The summed E-state index contributed by atoms with van der Waals surface area (Å²) in [5.74, 6) is -0.134. The van der Waals surface area contributed by atoms with Crippen LogP contribution in [-0.4, -0.2) is 30.9 Å². The fraction of sp³-hybridized carbons (Fsp3) is 0.619. The molecule has 1 aliphatic carbocycles. The number of hydrogen-bond acceptors (Lipinski definition) is 3. The molecule has 2 amide bonds. The number of hydrogen-bond donors (Lipinski definition) is 2. The summed E-state index contributed by atoms with van der Waals surface area (Å²) >= 11 is 0. The van der Waals surface area contributed by atoms with Crippen molar-refractivity contribution < 1.29 is 9.59 Å². The van der Waals surface area contributed by atoms with Crippen molar-refractivity contribution in [3.05, 3.63) is 23.8 Å². The zero-order valence-corrected chi connectivity index (χ0v) is 16.0. The Balaban J connectivity index is 1.82. The lowest BCUT2D eigenvalue weighted by Gasteiger charge is -2.26. The van der Waals surface area contributed by atoms with Crippen LogP contribution in [0.3, 0.4) is 0 Å². The highest BCUT2D eigenvalue weighted by Gasteiger charge is 2.23. The van der Waals surface area contributed by atoms with Gasteiger partial charge in [-0.25, -0.2) is 0 Å². The van der Waals surface area contributed by atoms with E-state index >= 15 is 0 Å². The molecule has 0 unspecified atom stereocenters. The molecule has 5 heteroatoms. The second-order valence-corrected chi connectivity index (χ2v) is 7.88. The highest BCUT2D eigenvalue weighted by Crippen LogP contribution is 2.28. The molecule has 0 aromatic heterocycles. The number of nitrogens with zero attached hydrogens (tertiary/aromatic N) is 1. The van der Waals surface area contributed by atoms with Crippen LogP contribution in [0.4, 0.5) is 11.4 Å². The van der Waals surface area contributed by atoms with Gasteiger partial charge in [0.1, 0.15) is 0 Å². The Morgan fingerprint density at radius 3 is 2.38 bits per heavy atom. The molecule has 142 valence electrons. The van der Waals surface area contributed by atoms with E-state index in [-0.39, 0.29) is 23.8 Å². The van der Waals surface area contributed by atoms with Crippen LogP contribution in [0, 0.1) is 5.92 Å². The predicted molar refractivity (Wildman–Crippen MR) is 106 cm³/mol. The van der Waals surface area contributed by atoms with E-state index in [9.17, 15) is 9.59 Å². The molecule has 2 aliphatic rings. The minimum absolute atomic E-state index is 0.0144. The maximum atomic E-state index is 13.0. The van der Waals surface area contributed by atoms with Crippen LogP contribution < -0.4 is 15.5 Å². The van der Waals surface area contributed by atoms with E-state index < -0.39 is 0 Å². The van der Waals surface area contributed by atoms with Gasteiger partial charge in [-0.1, -0.05) is 33.1 Å². The van der Waals surface area contributed by atoms with Gasteiger partial charge < -0.3 is 15.5 Å². The van der Waals surface area contributed by atoms with E-state index in [4.69, 9.17) is 0 Å². The van der Waals surface area contributed by atoms with Gasteiger partial charge in [-0.3, -0.25) is 9.59 Å². The van der Waals surface area contributed by atoms with Gasteiger partial charge in [0.25, 0.3) is 5.91 Å². The fourth-order valence-corrected chi connectivity index (χ4v) is 3.83. The van der Waals surface area contributed by atoms with Crippen molar-refractivity contribution in [2.45, 2.75) is 64.8 Å². The zero-order chi connectivity index (χ0) is 18.5.